The van der Waals surface area contributed by atoms with E-state index in [0.29, 0.717) is 19.1 Å². The maximum Gasteiger partial charge on any atom is 0.192 e. The molecule has 1 aliphatic rings. The van der Waals surface area contributed by atoms with Gasteiger partial charge in [0.1, 0.15) is 10.9 Å². The van der Waals surface area contributed by atoms with Crippen LogP contribution in [0.25, 0.3) is 11.1 Å². The van der Waals surface area contributed by atoms with Crippen LogP contribution in [0.4, 0.5) is 0 Å². The summed E-state index contributed by atoms with van der Waals surface area (Å²) in [6.07, 6.45) is 0. The lowest BCUT2D eigenvalue weighted by Crippen LogP contribution is -2.45. The highest BCUT2D eigenvalue weighted by molar-refractivity contribution is 5.74. The highest BCUT2D eigenvalue weighted by Gasteiger charge is 2.41. The Labute approximate surface area is 92.5 Å². The summed E-state index contributed by atoms with van der Waals surface area (Å²) in [5.74, 6) is 0.642. The second-order valence-electron chi connectivity index (χ2n) is 4.10. The zero-order valence-electron chi connectivity index (χ0n) is 8.86. The zero-order chi connectivity index (χ0) is 11.2. The summed E-state index contributed by atoms with van der Waals surface area (Å²) >= 11 is 0. The van der Waals surface area contributed by atoms with E-state index in [0.717, 1.165) is 16.7 Å². The van der Waals surface area contributed by atoms with Crippen LogP contribution in [-0.4, -0.2) is 18.2 Å². The van der Waals surface area contributed by atoms with E-state index in [4.69, 9.17) is 9.15 Å². The van der Waals surface area contributed by atoms with Crippen molar-refractivity contribution in [3.8, 4) is 6.07 Å². The van der Waals surface area contributed by atoms with Crippen molar-refractivity contribution in [3.63, 3.8) is 0 Å². The van der Waals surface area contributed by atoms with E-state index in [1.807, 2.05) is 25.1 Å². The second kappa shape index (κ2) is 3.06. The topological polar surface area (TPSA) is 59.0 Å². The van der Waals surface area contributed by atoms with Gasteiger partial charge in [0, 0.05) is 6.92 Å². The largest absolute Gasteiger partial charge is 0.441 e. The summed E-state index contributed by atoms with van der Waals surface area (Å²) < 4.78 is 10.5. The molecular weight excluding hydrogens is 204 g/mol. The molecule has 1 saturated heterocycles. The van der Waals surface area contributed by atoms with Crippen molar-refractivity contribution < 1.29 is 9.15 Å². The van der Waals surface area contributed by atoms with Crippen molar-refractivity contribution in [2.45, 2.75) is 12.3 Å². The van der Waals surface area contributed by atoms with Crippen LogP contribution in [0.3, 0.4) is 0 Å². The van der Waals surface area contributed by atoms with Crippen LogP contribution in [0.15, 0.2) is 22.6 Å². The van der Waals surface area contributed by atoms with Gasteiger partial charge in [-0.05, 0) is 17.7 Å². The molecule has 3 rings (SSSR count). The van der Waals surface area contributed by atoms with E-state index in [1.165, 1.54) is 0 Å². The molecule has 4 heteroatoms. The summed E-state index contributed by atoms with van der Waals surface area (Å²) in [6, 6.07) is 8.01. The molecular formula is C12H10N2O2. The van der Waals surface area contributed by atoms with Gasteiger partial charge in [0.2, 0.25) is 0 Å². The van der Waals surface area contributed by atoms with Crippen LogP contribution in [0.5, 0.6) is 0 Å². The molecule has 80 valence electrons. The first-order valence-corrected chi connectivity index (χ1v) is 5.10. The van der Waals surface area contributed by atoms with E-state index in [1.54, 1.807) is 0 Å². The number of ether oxygens (including phenoxy) is 1. The van der Waals surface area contributed by atoms with Crippen molar-refractivity contribution in [3.05, 3.63) is 29.7 Å². The van der Waals surface area contributed by atoms with Crippen molar-refractivity contribution in [2.75, 3.05) is 13.2 Å². The Bertz CT molecular complexity index is 591. The van der Waals surface area contributed by atoms with Gasteiger partial charge in [-0.1, -0.05) is 6.07 Å². The molecule has 0 unspecified atom stereocenters. The first-order valence-electron chi connectivity index (χ1n) is 5.10. The molecule has 0 atom stereocenters. The van der Waals surface area contributed by atoms with Crippen LogP contribution in [0.1, 0.15) is 11.5 Å². The van der Waals surface area contributed by atoms with Crippen LogP contribution in [0, 0.1) is 18.3 Å². The Kier molecular flexibility index (Phi) is 1.79. The predicted octanol–water partition coefficient (Wildman–Crippen LogP) is 1.93. The lowest BCUT2D eigenvalue weighted by atomic mass is 9.80. The molecule has 0 bridgehead atoms. The van der Waals surface area contributed by atoms with Gasteiger partial charge in [-0.3, -0.25) is 0 Å². The molecule has 0 spiro atoms. The van der Waals surface area contributed by atoms with E-state index in [9.17, 15) is 5.26 Å². The summed E-state index contributed by atoms with van der Waals surface area (Å²) in [4.78, 5) is 4.26. The average molecular weight is 214 g/mol. The monoisotopic (exact) mass is 214 g/mol. The van der Waals surface area contributed by atoms with Crippen molar-refractivity contribution in [2.24, 2.45) is 0 Å². The number of aryl methyl sites for hydroxylation is 1. The predicted molar refractivity (Wildman–Crippen MR) is 56.9 cm³/mol. The second-order valence-corrected chi connectivity index (χ2v) is 4.10. The molecule has 4 nitrogen and oxygen atoms in total. The Balaban J connectivity index is 2.15. The molecule has 2 heterocycles. The fraction of sp³-hybridized carbons (Fsp3) is 0.333. The smallest absolute Gasteiger partial charge is 0.192 e. The number of fused-ring (bicyclic) bond motifs is 1. The number of hydrogen-bond acceptors (Lipinski definition) is 4. The molecule has 0 radical (unpaired) electrons. The van der Waals surface area contributed by atoms with E-state index in [2.05, 4.69) is 11.1 Å². The van der Waals surface area contributed by atoms with Gasteiger partial charge in [-0.2, -0.15) is 5.26 Å². The van der Waals surface area contributed by atoms with Crippen LogP contribution in [0.2, 0.25) is 0 Å². The zero-order valence-corrected chi connectivity index (χ0v) is 8.86. The van der Waals surface area contributed by atoms with E-state index in [-0.39, 0.29) is 0 Å². The molecule has 1 aromatic carbocycles. The van der Waals surface area contributed by atoms with Gasteiger partial charge in [0.25, 0.3) is 0 Å². The van der Waals surface area contributed by atoms with Crippen LogP contribution < -0.4 is 0 Å². The fourth-order valence-electron chi connectivity index (χ4n) is 1.94. The summed E-state index contributed by atoms with van der Waals surface area (Å²) in [5, 5.41) is 9.19. The molecule has 0 N–H and O–H groups in total. The van der Waals surface area contributed by atoms with E-state index >= 15 is 0 Å². The quantitative estimate of drug-likeness (QED) is 0.727. The number of hydrogen-bond donors (Lipinski definition) is 0. The summed E-state index contributed by atoms with van der Waals surface area (Å²) in [7, 11) is 0. The van der Waals surface area contributed by atoms with Crippen molar-refractivity contribution >= 4 is 11.1 Å². The first-order chi connectivity index (χ1) is 7.73. The standard InChI is InChI=1S/C12H10N2O2/c1-8-14-10-4-9(2-3-11(10)16-8)12(5-13)6-15-7-12/h2-4H,6-7H2,1H3. The Morgan fingerprint density at radius 2 is 2.25 bits per heavy atom. The molecule has 0 saturated carbocycles. The Morgan fingerprint density at radius 1 is 1.44 bits per heavy atom. The Morgan fingerprint density at radius 3 is 2.88 bits per heavy atom. The minimum Gasteiger partial charge on any atom is -0.441 e. The SMILES string of the molecule is Cc1nc2cc(C3(C#N)COC3)ccc2o1. The number of oxazole rings is 1. The molecule has 16 heavy (non-hydrogen) atoms. The number of rotatable bonds is 1. The van der Waals surface area contributed by atoms with E-state index < -0.39 is 5.41 Å². The maximum absolute atomic E-state index is 9.19. The maximum atomic E-state index is 9.19. The van der Waals surface area contributed by atoms with Gasteiger partial charge in [0.05, 0.1) is 19.3 Å². The molecule has 0 amide bonds. The van der Waals surface area contributed by atoms with Crippen LogP contribution >= 0.6 is 0 Å². The lowest BCUT2D eigenvalue weighted by molar-refractivity contribution is -0.0297. The molecule has 2 aromatic rings. The molecule has 0 aliphatic carbocycles. The third-order valence-electron chi connectivity index (χ3n) is 2.96. The number of nitriles is 1. The first kappa shape index (κ1) is 9.37. The molecule has 1 aromatic heterocycles. The third-order valence-corrected chi connectivity index (χ3v) is 2.96. The molecule has 1 fully saturated rings. The fourth-order valence-corrected chi connectivity index (χ4v) is 1.94. The van der Waals surface area contributed by atoms with Gasteiger partial charge in [-0.25, -0.2) is 4.98 Å². The summed E-state index contributed by atoms with van der Waals surface area (Å²) in [5.41, 5.74) is 2.04. The van der Waals surface area contributed by atoms with Gasteiger partial charge < -0.3 is 9.15 Å². The highest BCUT2D eigenvalue weighted by atomic mass is 16.5. The Hall–Kier alpha value is -1.86. The lowest BCUT2D eigenvalue weighted by Gasteiger charge is -2.35. The average Bonchev–Trinajstić information content (AvgIpc) is 2.56. The minimum atomic E-state index is -0.485. The normalized spacial score (nSPS) is 18.0. The van der Waals surface area contributed by atoms with Gasteiger partial charge >= 0.3 is 0 Å². The van der Waals surface area contributed by atoms with Gasteiger partial charge in [0.15, 0.2) is 11.5 Å². The van der Waals surface area contributed by atoms with Crippen LogP contribution in [-0.2, 0) is 10.2 Å². The summed E-state index contributed by atoms with van der Waals surface area (Å²) in [6.45, 7) is 2.74. The number of aromatic nitrogens is 1. The highest BCUT2D eigenvalue weighted by Crippen LogP contribution is 2.33. The van der Waals surface area contributed by atoms with Crippen molar-refractivity contribution in [1.82, 2.24) is 4.98 Å². The minimum absolute atomic E-state index is 0.464. The third kappa shape index (κ3) is 1.15. The van der Waals surface area contributed by atoms with Gasteiger partial charge in [-0.15, -0.1) is 0 Å². The number of benzene rings is 1. The number of nitrogens with zero attached hydrogens (tertiary/aromatic N) is 2. The van der Waals surface area contributed by atoms with Crippen molar-refractivity contribution in [1.29, 1.82) is 5.26 Å². The molecule has 1 aliphatic heterocycles.